The van der Waals surface area contributed by atoms with Crippen LogP contribution in [-0.2, 0) is 4.79 Å². The van der Waals surface area contributed by atoms with Crippen LogP contribution < -0.4 is 10.1 Å². The van der Waals surface area contributed by atoms with Gasteiger partial charge in [-0.1, -0.05) is 23.5 Å². The van der Waals surface area contributed by atoms with E-state index in [1.807, 2.05) is 50.2 Å². The van der Waals surface area contributed by atoms with E-state index in [1.54, 1.807) is 11.3 Å². The predicted molar refractivity (Wildman–Crippen MR) is 103 cm³/mol. The molecule has 0 saturated heterocycles. The predicted octanol–water partition coefficient (Wildman–Crippen LogP) is 4.54. The van der Waals surface area contributed by atoms with E-state index in [2.05, 4.69) is 15.3 Å². The maximum Gasteiger partial charge on any atom is 0.264 e. The zero-order valence-electron chi connectivity index (χ0n) is 13.7. The summed E-state index contributed by atoms with van der Waals surface area (Å²) in [6, 6.07) is 11.5. The summed E-state index contributed by atoms with van der Waals surface area (Å²) in [6.07, 6.45) is 0. The molecule has 0 atom stereocenters. The van der Waals surface area contributed by atoms with Crippen molar-refractivity contribution in [2.75, 3.05) is 11.9 Å². The molecule has 0 saturated carbocycles. The number of hydrogen-bond acceptors (Lipinski definition) is 6. The molecule has 0 bridgehead atoms. The van der Waals surface area contributed by atoms with Gasteiger partial charge in [-0.25, -0.2) is 9.97 Å². The largest absolute Gasteiger partial charge is 0.484 e. The molecule has 0 aliphatic rings. The third kappa shape index (κ3) is 3.33. The van der Waals surface area contributed by atoms with Crippen LogP contribution in [0.4, 0.5) is 5.13 Å². The number of nitrogens with zero attached hydrogens (tertiary/aromatic N) is 2. The van der Waals surface area contributed by atoms with Crippen molar-refractivity contribution >= 4 is 54.1 Å². The van der Waals surface area contributed by atoms with E-state index < -0.39 is 0 Å². The first-order chi connectivity index (χ1) is 12.1. The van der Waals surface area contributed by atoms with E-state index in [9.17, 15) is 4.79 Å². The number of aryl methyl sites for hydroxylation is 2. The van der Waals surface area contributed by atoms with Gasteiger partial charge in [0.25, 0.3) is 5.91 Å². The number of carbonyl (C=O) groups is 1. The standard InChI is InChI=1S/C18H15N3O2S2/c1-10-4-3-5-12(8-10)23-9-15(22)21-18-20-14-7-6-13-16(17(14)25-18)24-11(2)19-13/h3-8H,9H2,1-2H3,(H,20,21,22). The van der Waals surface area contributed by atoms with Gasteiger partial charge in [0.15, 0.2) is 11.7 Å². The molecule has 4 aromatic rings. The highest BCUT2D eigenvalue weighted by molar-refractivity contribution is 7.28. The SMILES string of the molecule is Cc1cccc(OCC(=O)Nc2nc3ccc4nc(C)sc4c3s2)c1. The number of fused-ring (bicyclic) bond motifs is 3. The summed E-state index contributed by atoms with van der Waals surface area (Å²) >= 11 is 3.11. The molecular formula is C18H15N3O2S2. The van der Waals surface area contributed by atoms with E-state index in [0.717, 1.165) is 31.0 Å². The molecule has 0 radical (unpaired) electrons. The van der Waals surface area contributed by atoms with Gasteiger partial charge in [-0.2, -0.15) is 0 Å². The van der Waals surface area contributed by atoms with Crippen LogP contribution in [0, 0.1) is 13.8 Å². The molecule has 5 nitrogen and oxygen atoms in total. The Morgan fingerprint density at radius 2 is 1.84 bits per heavy atom. The Bertz CT molecular complexity index is 1080. The van der Waals surface area contributed by atoms with Crippen molar-refractivity contribution in [2.45, 2.75) is 13.8 Å². The number of thiazole rings is 2. The minimum atomic E-state index is -0.225. The van der Waals surface area contributed by atoms with Crippen LogP contribution in [0.25, 0.3) is 20.4 Å². The number of rotatable bonds is 4. The molecule has 126 valence electrons. The quantitative estimate of drug-likeness (QED) is 0.573. The average molecular weight is 369 g/mol. The molecule has 1 amide bonds. The van der Waals surface area contributed by atoms with Gasteiger partial charge in [0.2, 0.25) is 0 Å². The summed E-state index contributed by atoms with van der Waals surface area (Å²) in [4.78, 5) is 21.1. The van der Waals surface area contributed by atoms with Gasteiger partial charge in [-0.05, 0) is 43.7 Å². The second-order valence-electron chi connectivity index (χ2n) is 5.67. The summed E-state index contributed by atoms with van der Waals surface area (Å²) in [7, 11) is 0. The Morgan fingerprint density at radius 1 is 1.08 bits per heavy atom. The van der Waals surface area contributed by atoms with Crippen LogP contribution in [0.5, 0.6) is 5.75 Å². The number of carbonyl (C=O) groups excluding carboxylic acids is 1. The second kappa shape index (κ2) is 6.42. The van der Waals surface area contributed by atoms with Crippen molar-refractivity contribution in [3.8, 4) is 5.75 Å². The maximum absolute atomic E-state index is 12.1. The third-order valence-corrected chi connectivity index (χ3v) is 5.76. The summed E-state index contributed by atoms with van der Waals surface area (Å²) in [5, 5.41) is 4.41. The van der Waals surface area contributed by atoms with Crippen molar-refractivity contribution in [2.24, 2.45) is 0 Å². The lowest BCUT2D eigenvalue weighted by atomic mass is 10.2. The Kier molecular flexibility index (Phi) is 4.10. The molecule has 2 heterocycles. The van der Waals surface area contributed by atoms with Crippen molar-refractivity contribution in [1.29, 1.82) is 0 Å². The minimum Gasteiger partial charge on any atom is -0.484 e. The molecule has 4 rings (SSSR count). The van der Waals surface area contributed by atoms with Crippen molar-refractivity contribution in [3.05, 3.63) is 47.0 Å². The lowest BCUT2D eigenvalue weighted by molar-refractivity contribution is -0.118. The van der Waals surface area contributed by atoms with Crippen LogP contribution in [0.1, 0.15) is 10.6 Å². The maximum atomic E-state index is 12.1. The third-order valence-electron chi connectivity index (χ3n) is 3.62. The number of nitrogens with one attached hydrogen (secondary N) is 1. The van der Waals surface area contributed by atoms with E-state index in [-0.39, 0.29) is 12.5 Å². The highest BCUT2D eigenvalue weighted by Gasteiger charge is 2.13. The van der Waals surface area contributed by atoms with Gasteiger partial charge in [0, 0.05) is 0 Å². The number of anilines is 1. The van der Waals surface area contributed by atoms with Crippen molar-refractivity contribution in [3.63, 3.8) is 0 Å². The number of ether oxygens (including phenoxy) is 1. The first-order valence-corrected chi connectivity index (χ1v) is 9.38. The molecule has 25 heavy (non-hydrogen) atoms. The number of amides is 1. The monoisotopic (exact) mass is 369 g/mol. The summed E-state index contributed by atoms with van der Waals surface area (Å²) in [5.74, 6) is 0.457. The Morgan fingerprint density at radius 3 is 2.64 bits per heavy atom. The Balaban J connectivity index is 1.50. The van der Waals surface area contributed by atoms with Gasteiger partial charge < -0.3 is 4.74 Å². The van der Waals surface area contributed by atoms with Crippen molar-refractivity contribution in [1.82, 2.24) is 9.97 Å². The molecule has 2 aromatic heterocycles. The van der Waals surface area contributed by atoms with Crippen molar-refractivity contribution < 1.29 is 9.53 Å². The minimum absolute atomic E-state index is 0.0472. The first kappa shape index (κ1) is 16.0. The molecule has 2 aromatic carbocycles. The lowest BCUT2D eigenvalue weighted by Crippen LogP contribution is -2.20. The zero-order chi connectivity index (χ0) is 17.4. The van der Waals surface area contributed by atoms with E-state index in [1.165, 1.54) is 11.3 Å². The van der Waals surface area contributed by atoms with Crippen LogP contribution >= 0.6 is 22.7 Å². The Labute approximate surface area is 152 Å². The van der Waals surface area contributed by atoms with Gasteiger partial charge in [0.05, 0.1) is 25.4 Å². The van der Waals surface area contributed by atoms with Crippen LogP contribution in [-0.4, -0.2) is 22.5 Å². The van der Waals surface area contributed by atoms with E-state index in [4.69, 9.17) is 4.74 Å². The fraction of sp³-hybridized carbons (Fsp3) is 0.167. The van der Waals surface area contributed by atoms with Gasteiger partial charge in [-0.15, -0.1) is 11.3 Å². The fourth-order valence-electron chi connectivity index (χ4n) is 2.55. The average Bonchev–Trinajstić information content (AvgIpc) is 3.14. The number of hydrogen-bond donors (Lipinski definition) is 1. The smallest absolute Gasteiger partial charge is 0.264 e. The van der Waals surface area contributed by atoms with Gasteiger partial charge in [-0.3, -0.25) is 10.1 Å². The van der Waals surface area contributed by atoms with Crippen LogP contribution in [0.2, 0.25) is 0 Å². The van der Waals surface area contributed by atoms with Gasteiger partial charge in [0.1, 0.15) is 5.75 Å². The molecule has 0 aliphatic carbocycles. The van der Waals surface area contributed by atoms with Crippen LogP contribution in [0.3, 0.4) is 0 Å². The van der Waals surface area contributed by atoms with E-state index >= 15 is 0 Å². The number of benzene rings is 2. The summed E-state index contributed by atoms with van der Waals surface area (Å²) < 4.78 is 7.69. The lowest BCUT2D eigenvalue weighted by Gasteiger charge is -2.06. The molecule has 0 spiro atoms. The zero-order valence-corrected chi connectivity index (χ0v) is 15.3. The number of aromatic nitrogens is 2. The molecule has 0 fully saturated rings. The molecule has 7 heteroatoms. The molecule has 0 unspecified atom stereocenters. The second-order valence-corrected chi connectivity index (χ2v) is 7.87. The highest BCUT2D eigenvalue weighted by Crippen LogP contribution is 2.35. The van der Waals surface area contributed by atoms with Crippen LogP contribution in [0.15, 0.2) is 36.4 Å². The first-order valence-electron chi connectivity index (χ1n) is 7.74. The molecule has 0 aliphatic heterocycles. The summed E-state index contributed by atoms with van der Waals surface area (Å²) in [5.41, 5.74) is 2.93. The summed E-state index contributed by atoms with van der Waals surface area (Å²) in [6.45, 7) is 3.92. The van der Waals surface area contributed by atoms with E-state index in [0.29, 0.717) is 10.9 Å². The molecule has 1 N–H and O–H groups in total. The van der Waals surface area contributed by atoms with Gasteiger partial charge >= 0.3 is 0 Å². The fourth-order valence-corrected chi connectivity index (χ4v) is 4.57. The topological polar surface area (TPSA) is 64.1 Å². The Hall–Kier alpha value is -2.51. The molecular weight excluding hydrogens is 354 g/mol. The normalized spacial score (nSPS) is 11.1. The highest BCUT2D eigenvalue weighted by atomic mass is 32.1.